The van der Waals surface area contributed by atoms with Gasteiger partial charge in [-0.15, -0.1) is 0 Å². The first-order valence-electron chi connectivity index (χ1n) is 6.46. The van der Waals surface area contributed by atoms with Crippen molar-refractivity contribution in [2.24, 2.45) is 0 Å². The summed E-state index contributed by atoms with van der Waals surface area (Å²) in [6, 6.07) is 5.65. The van der Waals surface area contributed by atoms with Gasteiger partial charge in [-0.05, 0) is 19.1 Å². The van der Waals surface area contributed by atoms with Crippen molar-refractivity contribution < 1.29 is 4.92 Å². The number of aromatic nitrogens is 3. The van der Waals surface area contributed by atoms with Gasteiger partial charge in [0.15, 0.2) is 0 Å². The zero-order valence-corrected chi connectivity index (χ0v) is 11.8. The average molecular weight is 288 g/mol. The van der Waals surface area contributed by atoms with E-state index in [9.17, 15) is 10.1 Å². The number of hydrogen-bond acceptors (Lipinski definition) is 7. The molecule has 0 spiro atoms. The molecule has 0 unspecified atom stereocenters. The number of nitrogens with zero attached hydrogens (tertiary/aromatic N) is 4. The van der Waals surface area contributed by atoms with E-state index < -0.39 is 4.92 Å². The standard InChI is InChI=1S/C13H16N6O2/c1-9-11(19(20)21)12(18-13(14-2)17-9)16-8-6-10-5-3-4-7-15-10/h3-5,7H,6,8H2,1-2H3,(H2,14,16,17,18). The van der Waals surface area contributed by atoms with Crippen LogP contribution in [0.5, 0.6) is 0 Å². The second kappa shape index (κ2) is 6.60. The molecule has 0 saturated heterocycles. The lowest BCUT2D eigenvalue weighted by molar-refractivity contribution is -0.385. The number of aryl methyl sites for hydroxylation is 1. The summed E-state index contributed by atoms with van der Waals surface area (Å²) in [7, 11) is 1.66. The Balaban J connectivity index is 2.14. The number of nitro groups is 1. The monoisotopic (exact) mass is 288 g/mol. The Labute approximate surface area is 121 Å². The molecular weight excluding hydrogens is 272 g/mol. The van der Waals surface area contributed by atoms with Crippen LogP contribution in [0, 0.1) is 17.0 Å². The molecule has 8 nitrogen and oxygen atoms in total. The van der Waals surface area contributed by atoms with E-state index in [-0.39, 0.29) is 11.5 Å². The van der Waals surface area contributed by atoms with Crippen molar-refractivity contribution in [3.05, 3.63) is 45.9 Å². The zero-order valence-electron chi connectivity index (χ0n) is 11.8. The van der Waals surface area contributed by atoms with E-state index in [0.29, 0.717) is 24.6 Å². The maximum atomic E-state index is 11.1. The highest BCUT2D eigenvalue weighted by atomic mass is 16.6. The fourth-order valence-electron chi connectivity index (χ4n) is 1.88. The molecule has 0 radical (unpaired) electrons. The summed E-state index contributed by atoms with van der Waals surface area (Å²) in [5, 5.41) is 16.9. The van der Waals surface area contributed by atoms with E-state index in [1.54, 1.807) is 20.2 Å². The molecule has 2 rings (SSSR count). The first-order chi connectivity index (χ1) is 10.1. The molecule has 0 saturated carbocycles. The van der Waals surface area contributed by atoms with Gasteiger partial charge in [0, 0.05) is 31.9 Å². The minimum Gasteiger partial charge on any atom is -0.364 e. The van der Waals surface area contributed by atoms with Crippen LogP contribution < -0.4 is 10.6 Å². The highest BCUT2D eigenvalue weighted by Crippen LogP contribution is 2.26. The van der Waals surface area contributed by atoms with Crippen LogP contribution in [0.25, 0.3) is 0 Å². The molecule has 2 aromatic rings. The maximum Gasteiger partial charge on any atom is 0.332 e. The second-order valence-corrected chi connectivity index (χ2v) is 4.33. The van der Waals surface area contributed by atoms with Gasteiger partial charge in [0.1, 0.15) is 5.69 Å². The molecule has 21 heavy (non-hydrogen) atoms. The van der Waals surface area contributed by atoms with E-state index >= 15 is 0 Å². The summed E-state index contributed by atoms with van der Waals surface area (Å²) in [6.07, 6.45) is 2.36. The molecule has 0 aromatic carbocycles. The van der Waals surface area contributed by atoms with Gasteiger partial charge in [0.25, 0.3) is 0 Å². The van der Waals surface area contributed by atoms with Gasteiger partial charge in [-0.3, -0.25) is 15.1 Å². The molecule has 2 N–H and O–H groups in total. The van der Waals surface area contributed by atoms with Crippen molar-refractivity contribution >= 4 is 17.5 Å². The largest absolute Gasteiger partial charge is 0.364 e. The molecule has 8 heteroatoms. The van der Waals surface area contributed by atoms with E-state index in [0.717, 1.165) is 5.69 Å². The number of hydrogen-bond donors (Lipinski definition) is 2. The van der Waals surface area contributed by atoms with Gasteiger partial charge in [-0.1, -0.05) is 6.07 Å². The molecule has 0 aliphatic carbocycles. The van der Waals surface area contributed by atoms with E-state index in [2.05, 4.69) is 25.6 Å². The third kappa shape index (κ3) is 3.62. The van der Waals surface area contributed by atoms with Crippen LogP contribution in [0.1, 0.15) is 11.4 Å². The molecule has 0 fully saturated rings. The van der Waals surface area contributed by atoms with Crippen LogP contribution in [-0.2, 0) is 6.42 Å². The summed E-state index contributed by atoms with van der Waals surface area (Å²) < 4.78 is 0. The van der Waals surface area contributed by atoms with Gasteiger partial charge >= 0.3 is 5.69 Å². The molecule has 2 aromatic heterocycles. The van der Waals surface area contributed by atoms with Crippen LogP contribution in [0.3, 0.4) is 0 Å². The summed E-state index contributed by atoms with van der Waals surface area (Å²) in [6.45, 7) is 2.09. The van der Waals surface area contributed by atoms with Crippen LogP contribution in [0.2, 0.25) is 0 Å². The first-order valence-corrected chi connectivity index (χ1v) is 6.46. The van der Waals surface area contributed by atoms with Gasteiger partial charge in [-0.25, -0.2) is 4.98 Å². The van der Waals surface area contributed by atoms with E-state index in [1.165, 1.54) is 0 Å². The Kier molecular flexibility index (Phi) is 4.60. The fourth-order valence-corrected chi connectivity index (χ4v) is 1.88. The van der Waals surface area contributed by atoms with E-state index in [4.69, 9.17) is 0 Å². The SMILES string of the molecule is CNc1nc(C)c([N+](=O)[O-])c(NCCc2ccccn2)n1. The predicted octanol–water partition coefficient (Wildman–Crippen LogP) is 1.78. The second-order valence-electron chi connectivity index (χ2n) is 4.33. The molecule has 0 bridgehead atoms. The first kappa shape index (κ1) is 14.6. The van der Waals surface area contributed by atoms with Crippen molar-refractivity contribution in [1.29, 1.82) is 0 Å². The van der Waals surface area contributed by atoms with E-state index in [1.807, 2.05) is 18.2 Å². The normalized spacial score (nSPS) is 10.2. The van der Waals surface area contributed by atoms with Crippen LogP contribution in [0.4, 0.5) is 17.5 Å². The van der Waals surface area contributed by atoms with Gasteiger partial charge < -0.3 is 10.6 Å². The molecule has 0 amide bonds. The number of anilines is 2. The summed E-state index contributed by atoms with van der Waals surface area (Å²) in [5.74, 6) is 0.561. The van der Waals surface area contributed by atoms with Crippen LogP contribution >= 0.6 is 0 Å². The molecule has 2 heterocycles. The fraction of sp³-hybridized carbons (Fsp3) is 0.308. The topological polar surface area (TPSA) is 106 Å². The molecular formula is C13H16N6O2. The quantitative estimate of drug-likeness (QED) is 0.616. The summed E-state index contributed by atoms with van der Waals surface area (Å²) in [5.41, 5.74) is 1.13. The average Bonchev–Trinajstić information content (AvgIpc) is 2.47. The zero-order chi connectivity index (χ0) is 15.2. The Bertz CT molecular complexity index is 632. The van der Waals surface area contributed by atoms with Crippen LogP contribution in [0.15, 0.2) is 24.4 Å². The smallest absolute Gasteiger partial charge is 0.332 e. The minimum absolute atomic E-state index is 0.102. The Morgan fingerprint density at radius 1 is 1.33 bits per heavy atom. The number of rotatable bonds is 6. The lowest BCUT2D eigenvalue weighted by Gasteiger charge is -2.09. The number of pyridine rings is 1. The molecule has 0 aliphatic heterocycles. The van der Waals surface area contributed by atoms with Crippen molar-refractivity contribution in [3.8, 4) is 0 Å². The van der Waals surface area contributed by atoms with Gasteiger partial charge in [0.05, 0.1) is 4.92 Å². The molecule has 0 atom stereocenters. The van der Waals surface area contributed by atoms with Gasteiger partial charge in [-0.2, -0.15) is 4.98 Å². The summed E-state index contributed by atoms with van der Waals surface area (Å²) >= 11 is 0. The highest BCUT2D eigenvalue weighted by Gasteiger charge is 2.21. The third-order valence-electron chi connectivity index (χ3n) is 2.86. The van der Waals surface area contributed by atoms with Crippen LogP contribution in [-0.4, -0.2) is 33.5 Å². The highest BCUT2D eigenvalue weighted by molar-refractivity contribution is 5.60. The Morgan fingerprint density at radius 2 is 2.14 bits per heavy atom. The Morgan fingerprint density at radius 3 is 2.76 bits per heavy atom. The summed E-state index contributed by atoms with van der Waals surface area (Å²) in [4.78, 5) is 23.0. The van der Waals surface area contributed by atoms with Crippen molar-refractivity contribution in [2.45, 2.75) is 13.3 Å². The lowest BCUT2D eigenvalue weighted by Crippen LogP contribution is -2.12. The molecule has 0 aliphatic rings. The van der Waals surface area contributed by atoms with Gasteiger partial charge in [0.2, 0.25) is 11.8 Å². The minimum atomic E-state index is -0.474. The van der Waals surface area contributed by atoms with Crippen molar-refractivity contribution in [2.75, 3.05) is 24.2 Å². The van der Waals surface area contributed by atoms with Crippen molar-refractivity contribution in [1.82, 2.24) is 15.0 Å². The maximum absolute atomic E-state index is 11.1. The molecule has 110 valence electrons. The third-order valence-corrected chi connectivity index (χ3v) is 2.86. The number of nitrogens with one attached hydrogen (secondary N) is 2. The predicted molar refractivity (Wildman–Crippen MR) is 79.4 cm³/mol. The Hall–Kier alpha value is -2.77. The van der Waals surface area contributed by atoms with Crippen molar-refractivity contribution in [3.63, 3.8) is 0 Å². The lowest BCUT2D eigenvalue weighted by atomic mass is 10.2.